The van der Waals surface area contributed by atoms with E-state index in [0.717, 1.165) is 0 Å². The van der Waals surface area contributed by atoms with Crippen molar-refractivity contribution in [2.24, 2.45) is 5.73 Å². The molecule has 1 aromatic carbocycles. The van der Waals surface area contributed by atoms with Crippen LogP contribution in [-0.2, 0) is 5.92 Å². The lowest BCUT2D eigenvalue weighted by molar-refractivity contribution is -0.0556. The molecule has 78 valence electrons. The summed E-state index contributed by atoms with van der Waals surface area (Å²) in [6.07, 6.45) is 0. The van der Waals surface area contributed by atoms with Gasteiger partial charge < -0.3 is 10.8 Å². The molecule has 0 aliphatic heterocycles. The number of alkyl halides is 2. The van der Waals surface area contributed by atoms with Crippen molar-refractivity contribution >= 4 is 0 Å². The zero-order chi connectivity index (χ0) is 10.8. The summed E-state index contributed by atoms with van der Waals surface area (Å²) in [6.45, 7) is 0.533. The van der Waals surface area contributed by atoms with Gasteiger partial charge in [0.25, 0.3) is 5.92 Å². The highest BCUT2D eigenvalue weighted by Crippen LogP contribution is 2.28. The molecule has 1 atom stereocenters. The van der Waals surface area contributed by atoms with Gasteiger partial charge in [0.1, 0.15) is 6.61 Å². The molecule has 1 unspecified atom stereocenters. The first-order valence-corrected chi connectivity index (χ1v) is 4.32. The molecule has 4 heteroatoms. The Morgan fingerprint density at radius 3 is 2.64 bits per heavy atom. The molecule has 2 nitrogen and oxygen atoms in total. The summed E-state index contributed by atoms with van der Waals surface area (Å²) in [6, 6.07) is 5.51. The smallest absolute Gasteiger partial charge is 0.295 e. The highest BCUT2D eigenvalue weighted by atomic mass is 19.3. The van der Waals surface area contributed by atoms with Crippen LogP contribution in [0.2, 0.25) is 0 Å². The van der Waals surface area contributed by atoms with Crippen molar-refractivity contribution in [1.29, 1.82) is 0 Å². The third-order valence-electron chi connectivity index (χ3n) is 2.03. The third kappa shape index (κ3) is 2.27. The summed E-state index contributed by atoms with van der Waals surface area (Å²) >= 11 is 0. The van der Waals surface area contributed by atoms with Gasteiger partial charge >= 0.3 is 0 Å². The van der Waals surface area contributed by atoms with Crippen LogP contribution in [0.15, 0.2) is 24.3 Å². The molecule has 1 rings (SSSR count). The molecule has 0 saturated carbocycles. The minimum absolute atomic E-state index is 0.199. The topological polar surface area (TPSA) is 46.2 Å². The van der Waals surface area contributed by atoms with E-state index in [1.165, 1.54) is 18.2 Å². The van der Waals surface area contributed by atoms with Crippen LogP contribution < -0.4 is 5.73 Å². The van der Waals surface area contributed by atoms with Gasteiger partial charge in [-0.05, 0) is 18.6 Å². The van der Waals surface area contributed by atoms with Gasteiger partial charge in [-0.3, -0.25) is 0 Å². The van der Waals surface area contributed by atoms with E-state index in [9.17, 15) is 8.78 Å². The molecule has 0 aromatic heterocycles. The minimum Gasteiger partial charge on any atom is -0.390 e. The van der Waals surface area contributed by atoms with Crippen LogP contribution in [0.5, 0.6) is 0 Å². The van der Waals surface area contributed by atoms with Crippen molar-refractivity contribution in [2.45, 2.75) is 18.9 Å². The SMILES string of the molecule is CC(N)c1cccc(C(F)(F)CO)c1. The fourth-order valence-electron chi connectivity index (χ4n) is 1.14. The van der Waals surface area contributed by atoms with Crippen molar-refractivity contribution in [3.05, 3.63) is 35.4 Å². The molecular weight excluding hydrogens is 188 g/mol. The van der Waals surface area contributed by atoms with Gasteiger partial charge in [-0.2, -0.15) is 8.78 Å². The quantitative estimate of drug-likeness (QED) is 0.783. The number of hydrogen-bond acceptors (Lipinski definition) is 2. The van der Waals surface area contributed by atoms with Crippen LogP contribution in [0.25, 0.3) is 0 Å². The van der Waals surface area contributed by atoms with Gasteiger partial charge in [0, 0.05) is 11.6 Å². The highest BCUT2D eigenvalue weighted by Gasteiger charge is 2.30. The third-order valence-corrected chi connectivity index (χ3v) is 2.03. The summed E-state index contributed by atoms with van der Waals surface area (Å²) in [4.78, 5) is 0. The number of nitrogens with two attached hydrogens (primary N) is 1. The lowest BCUT2D eigenvalue weighted by atomic mass is 10.0. The number of halogens is 2. The molecular formula is C10H13F2NO. The Labute approximate surface area is 81.4 Å². The van der Waals surface area contributed by atoms with Crippen LogP contribution in [0, 0.1) is 0 Å². The second kappa shape index (κ2) is 4.02. The predicted octanol–water partition coefficient (Wildman–Crippen LogP) is 1.79. The highest BCUT2D eigenvalue weighted by molar-refractivity contribution is 5.28. The van der Waals surface area contributed by atoms with Crippen LogP contribution in [0.1, 0.15) is 24.1 Å². The summed E-state index contributed by atoms with van der Waals surface area (Å²) < 4.78 is 26.1. The molecule has 0 fully saturated rings. The van der Waals surface area contributed by atoms with E-state index in [1.807, 2.05) is 0 Å². The minimum atomic E-state index is -3.19. The van der Waals surface area contributed by atoms with Crippen molar-refractivity contribution in [3.63, 3.8) is 0 Å². The van der Waals surface area contributed by atoms with Gasteiger partial charge in [-0.15, -0.1) is 0 Å². The maximum Gasteiger partial charge on any atom is 0.295 e. The van der Waals surface area contributed by atoms with E-state index >= 15 is 0 Å². The number of rotatable bonds is 3. The predicted molar refractivity (Wildman–Crippen MR) is 50.0 cm³/mol. The zero-order valence-electron chi connectivity index (χ0n) is 7.87. The molecule has 0 aliphatic rings. The Kier molecular flexibility index (Phi) is 3.18. The Balaban J connectivity index is 3.05. The molecule has 0 bridgehead atoms. The van der Waals surface area contributed by atoms with Crippen LogP contribution in [0.3, 0.4) is 0 Å². The fourth-order valence-corrected chi connectivity index (χ4v) is 1.14. The molecule has 0 spiro atoms. The van der Waals surface area contributed by atoms with Crippen LogP contribution in [-0.4, -0.2) is 11.7 Å². The van der Waals surface area contributed by atoms with Crippen molar-refractivity contribution in [3.8, 4) is 0 Å². The zero-order valence-corrected chi connectivity index (χ0v) is 7.87. The van der Waals surface area contributed by atoms with E-state index in [2.05, 4.69) is 0 Å². The second-order valence-corrected chi connectivity index (χ2v) is 3.28. The van der Waals surface area contributed by atoms with Crippen molar-refractivity contribution < 1.29 is 13.9 Å². The first-order chi connectivity index (χ1) is 6.47. The van der Waals surface area contributed by atoms with Gasteiger partial charge in [0.05, 0.1) is 0 Å². The summed E-state index contributed by atoms with van der Waals surface area (Å²) in [5.41, 5.74) is 6.00. The molecule has 14 heavy (non-hydrogen) atoms. The lowest BCUT2D eigenvalue weighted by Crippen LogP contribution is -2.19. The Hall–Kier alpha value is -1.00. The number of hydrogen-bond donors (Lipinski definition) is 2. The summed E-state index contributed by atoms with van der Waals surface area (Å²) in [5.74, 6) is -3.19. The van der Waals surface area contributed by atoms with Gasteiger partial charge in [0.15, 0.2) is 0 Å². The van der Waals surface area contributed by atoms with Gasteiger partial charge in [-0.1, -0.05) is 18.2 Å². The first-order valence-electron chi connectivity index (χ1n) is 4.32. The average Bonchev–Trinajstić information content (AvgIpc) is 2.18. The molecule has 3 N–H and O–H groups in total. The van der Waals surface area contributed by atoms with E-state index in [-0.39, 0.29) is 11.6 Å². The lowest BCUT2D eigenvalue weighted by Gasteiger charge is -2.15. The van der Waals surface area contributed by atoms with Gasteiger partial charge in [0.2, 0.25) is 0 Å². The maximum absolute atomic E-state index is 13.0. The number of benzene rings is 1. The van der Waals surface area contributed by atoms with E-state index < -0.39 is 12.5 Å². The standard InChI is InChI=1S/C10H13F2NO/c1-7(13)8-3-2-4-9(5-8)10(11,12)6-14/h2-5,7,14H,6,13H2,1H3. The van der Waals surface area contributed by atoms with E-state index in [1.54, 1.807) is 13.0 Å². The van der Waals surface area contributed by atoms with Crippen LogP contribution in [0.4, 0.5) is 8.78 Å². The Morgan fingerprint density at radius 1 is 1.50 bits per heavy atom. The van der Waals surface area contributed by atoms with Crippen molar-refractivity contribution in [2.75, 3.05) is 6.61 Å². The molecule has 1 aromatic rings. The van der Waals surface area contributed by atoms with Crippen molar-refractivity contribution in [1.82, 2.24) is 0 Å². The average molecular weight is 201 g/mol. The number of aliphatic hydroxyl groups excluding tert-OH is 1. The summed E-state index contributed by atoms with van der Waals surface area (Å²) in [5, 5.41) is 8.50. The molecule has 0 heterocycles. The Morgan fingerprint density at radius 2 is 2.14 bits per heavy atom. The molecule has 0 saturated heterocycles. The van der Waals surface area contributed by atoms with Crippen LogP contribution >= 0.6 is 0 Å². The molecule has 0 amide bonds. The molecule has 0 radical (unpaired) electrons. The Bertz CT molecular complexity index is 313. The summed E-state index contributed by atoms with van der Waals surface area (Å²) in [7, 11) is 0. The normalized spacial score (nSPS) is 14.1. The number of aliphatic hydroxyl groups is 1. The second-order valence-electron chi connectivity index (χ2n) is 3.28. The van der Waals surface area contributed by atoms with E-state index in [4.69, 9.17) is 10.8 Å². The van der Waals surface area contributed by atoms with Gasteiger partial charge in [-0.25, -0.2) is 0 Å². The molecule has 0 aliphatic carbocycles. The fraction of sp³-hybridized carbons (Fsp3) is 0.400. The monoisotopic (exact) mass is 201 g/mol. The largest absolute Gasteiger partial charge is 0.390 e. The first kappa shape index (κ1) is 11.1. The van der Waals surface area contributed by atoms with E-state index in [0.29, 0.717) is 5.56 Å². The maximum atomic E-state index is 13.0.